The van der Waals surface area contributed by atoms with Crippen molar-refractivity contribution in [2.45, 2.75) is 44.8 Å². The van der Waals surface area contributed by atoms with Crippen molar-refractivity contribution in [3.05, 3.63) is 5.82 Å². The molecule has 0 spiro atoms. The first-order valence-electron chi connectivity index (χ1n) is 6.46. The van der Waals surface area contributed by atoms with Crippen molar-refractivity contribution in [1.82, 2.24) is 14.8 Å². The molecule has 0 aliphatic heterocycles. The number of thioether (sulfide) groups is 1. The maximum absolute atomic E-state index is 11.7. The summed E-state index contributed by atoms with van der Waals surface area (Å²) in [6.07, 6.45) is 1.52. The number of hydrogen-bond acceptors (Lipinski definition) is 5. The minimum absolute atomic E-state index is 0.0247. The van der Waals surface area contributed by atoms with Crippen LogP contribution in [0.3, 0.4) is 0 Å². The third-order valence-electron chi connectivity index (χ3n) is 2.73. The molecular weight excluding hydrogens is 280 g/mol. The summed E-state index contributed by atoms with van der Waals surface area (Å²) in [6, 6.07) is -0.567. The van der Waals surface area contributed by atoms with Crippen LogP contribution in [-0.2, 0) is 16.0 Å². The van der Waals surface area contributed by atoms with Gasteiger partial charge in [0.1, 0.15) is 11.9 Å². The number of hydrogen-bond donors (Lipinski definition) is 2. The molecule has 1 heterocycles. The van der Waals surface area contributed by atoms with Crippen molar-refractivity contribution in [2.75, 3.05) is 5.75 Å². The van der Waals surface area contributed by atoms with Crippen LogP contribution in [0, 0.1) is 5.92 Å². The van der Waals surface area contributed by atoms with E-state index >= 15 is 0 Å². The van der Waals surface area contributed by atoms with E-state index in [0.29, 0.717) is 17.4 Å². The molecule has 1 unspecified atom stereocenters. The van der Waals surface area contributed by atoms with Gasteiger partial charge in [0, 0.05) is 6.42 Å². The number of nitrogens with zero attached hydrogens (tertiary/aromatic N) is 3. The Labute approximate surface area is 121 Å². The number of carboxylic acid groups (broad SMARTS) is 1. The lowest BCUT2D eigenvalue weighted by Crippen LogP contribution is -2.32. The van der Waals surface area contributed by atoms with Crippen LogP contribution in [-0.4, -0.2) is 37.5 Å². The van der Waals surface area contributed by atoms with E-state index in [-0.39, 0.29) is 11.7 Å². The topological polar surface area (TPSA) is 111 Å². The zero-order valence-corrected chi connectivity index (χ0v) is 12.7. The molecule has 7 nitrogen and oxygen atoms in total. The van der Waals surface area contributed by atoms with E-state index in [9.17, 15) is 9.59 Å². The Balaban J connectivity index is 3.18. The highest BCUT2D eigenvalue weighted by Gasteiger charge is 2.28. The summed E-state index contributed by atoms with van der Waals surface area (Å²) in [6.45, 7) is 5.77. The minimum atomic E-state index is -0.943. The highest BCUT2D eigenvalue weighted by Crippen LogP contribution is 2.27. The molecule has 1 amide bonds. The Kier molecular flexibility index (Phi) is 6.00. The Morgan fingerprint density at radius 2 is 2.05 bits per heavy atom. The normalized spacial score (nSPS) is 12.6. The fraction of sp³-hybridized carbons (Fsp3) is 0.667. The van der Waals surface area contributed by atoms with Crippen LogP contribution < -0.4 is 5.73 Å². The maximum Gasteiger partial charge on any atom is 0.313 e. The Morgan fingerprint density at radius 1 is 1.40 bits per heavy atom. The fourth-order valence-corrected chi connectivity index (χ4v) is 2.67. The van der Waals surface area contributed by atoms with E-state index in [4.69, 9.17) is 10.8 Å². The summed E-state index contributed by atoms with van der Waals surface area (Å²) in [5.74, 6) is -0.898. The lowest BCUT2D eigenvalue weighted by molar-refractivity contribution is -0.133. The van der Waals surface area contributed by atoms with Gasteiger partial charge < -0.3 is 10.8 Å². The van der Waals surface area contributed by atoms with Crippen LogP contribution in [0.25, 0.3) is 0 Å². The number of rotatable bonds is 8. The molecule has 0 aliphatic rings. The molecule has 0 radical (unpaired) electrons. The highest BCUT2D eigenvalue weighted by atomic mass is 32.2. The van der Waals surface area contributed by atoms with Gasteiger partial charge in [-0.05, 0) is 12.3 Å². The number of carbonyl (C=O) groups excluding carboxylic acids is 1. The van der Waals surface area contributed by atoms with Crippen LogP contribution in [0.5, 0.6) is 0 Å². The second kappa shape index (κ2) is 7.28. The average molecular weight is 300 g/mol. The standard InChI is InChI=1S/C12H20N4O3S/c1-4-5-8-14-15-12(20-6-9(17)18)16(8)10(7(2)3)11(13)19/h7,10H,4-6H2,1-3H3,(H2,13,19)(H,17,18). The highest BCUT2D eigenvalue weighted by molar-refractivity contribution is 7.99. The van der Waals surface area contributed by atoms with Crippen molar-refractivity contribution in [2.24, 2.45) is 11.7 Å². The first-order valence-corrected chi connectivity index (χ1v) is 7.44. The molecule has 1 aromatic heterocycles. The number of primary amides is 1. The van der Waals surface area contributed by atoms with Gasteiger partial charge in [0.15, 0.2) is 5.16 Å². The predicted molar refractivity (Wildman–Crippen MR) is 75.4 cm³/mol. The number of nitrogens with two attached hydrogens (primary N) is 1. The van der Waals surface area contributed by atoms with Crippen molar-refractivity contribution in [3.8, 4) is 0 Å². The van der Waals surface area contributed by atoms with Gasteiger partial charge in [-0.1, -0.05) is 32.5 Å². The van der Waals surface area contributed by atoms with E-state index in [1.165, 1.54) is 0 Å². The Morgan fingerprint density at radius 3 is 2.50 bits per heavy atom. The Bertz CT molecular complexity index is 487. The van der Waals surface area contributed by atoms with Crippen molar-refractivity contribution < 1.29 is 14.7 Å². The first kappa shape index (κ1) is 16.5. The van der Waals surface area contributed by atoms with Crippen molar-refractivity contribution >= 4 is 23.6 Å². The number of carbonyl (C=O) groups is 2. The third kappa shape index (κ3) is 3.96. The van der Waals surface area contributed by atoms with E-state index in [2.05, 4.69) is 10.2 Å². The van der Waals surface area contributed by atoms with Crippen LogP contribution in [0.2, 0.25) is 0 Å². The Hall–Kier alpha value is -1.57. The molecule has 20 heavy (non-hydrogen) atoms. The summed E-state index contributed by atoms with van der Waals surface area (Å²) in [7, 11) is 0. The minimum Gasteiger partial charge on any atom is -0.481 e. The van der Waals surface area contributed by atoms with Gasteiger partial charge in [0.25, 0.3) is 0 Å². The molecule has 0 aliphatic carbocycles. The summed E-state index contributed by atoms with van der Waals surface area (Å²) in [4.78, 5) is 22.4. The second-order valence-corrected chi connectivity index (χ2v) is 5.73. The fourth-order valence-electron chi connectivity index (χ4n) is 1.96. The second-order valence-electron chi connectivity index (χ2n) is 4.79. The number of aryl methyl sites for hydroxylation is 1. The lowest BCUT2D eigenvalue weighted by Gasteiger charge is -2.22. The molecule has 0 saturated heterocycles. The zero-order valence-electron chi connectivity index (χ0n) is 11.9. The first-order chi connectivity index (χ1) is 9.38. The smallest absolute Gasteiger partial charge is 0.313 e. The number of amides is 1. The molecule has 0 aromatic carbocycles. The van der Waals surface area contributed by atoms with Crippen LogP contribution in [0.4, 0.5) is 0 Å². The van der Waals surface area contributed by atoms with Gasteiger partial charge in [-0.25, -0.2) is 0 Å². The molecule has 0 bridgehead atoms. The molecule has 0 fully saturated rings. The summed E-state index contributed by atoms with van der Waals surface area (Å²) < 4.78 is 1.68. The lowest BCUT2D eigenvalue weighted by atomic mass is 10.0. The van der Waals surface area contributed by atoms with Crippen LogP contribution in [0.15, 0.2) is 5.16 Å². The third-order valence-corrected chi connectivity index (χ3v) is 3.66. The average Bonchev–Trinajstić information content (AvgIpc) is 2.70. The molecule has 3 N–H and O–H groups in total. The van der Waals surface area contributed by atoms with Gasteiger partial charge in [-0.2, -0.15) is 0 Å². The van der Waals surface area contributed by atoms with E-state index in [0.717, 1.165) is 18.2 Å². The monoisotopic (exact) mass is 300 g/mol. The van der Waals surface area contributed by atoms with Gasteiger partial charge in [0.2, 0.25) is 5.91 Å². The van der Waals surface area contributed by atoms with Crippen LogP contribution >= 0.6 is 11.8 Å². The largest absolute Gasteiger partial charge is 0.481 e. The molecule has 1 aromatic rings. The molecule has 0 saturated carbocycles. The van der Waals surface area contributed by atoms with Gasteiger partial charge in [-0.15, -0.1) is 10.2 Å². The number of aromatic nitrogens is 3. The summed E-state index contributed by atoms with van der Waals surface area (Å²) >= 11 is 1.05. The maximum atomic E-state index is 11.7. The zero-order chi connectivity index (χ0) is 15.3. The van der Waals surface area contributed by atoms with Crippen molar-refractivity contribution in [3.63, 3.8) is 0 Å². The predicted octanol–water partition coefficient (Wildman–Crippen LogP) is 1.09. The quantitative estimate of drug-likeness (QED) is 0.695. The molecule has 1 rings (SSSR count). The number of carboxylic acids is 1. The molecule has 1 atom stereocenters. The van der Waals surface area contributed by atoms with Gasteiger partial charge in [0.05, 0.1) is 5.75 Å². The van der Waals surface area contributed by atoms with E-state index < -0.39 is 17.9 Å². The van der Waals surface area contributed by atoms with Crippen LogP contribution in [0.1, 0.15) is 39.1 Å². The van der Waals surface area contributed by atoms with Gasteiger partial charge in [-0.3, -0.25) is 14.2 Å². The SMILES string of the molecule is CCCc1nnc(SCC(=O)O)n1C(C(N)=O)C(C)C. The summed E-state index contributed by atoms with van der Waals surface area (Å²) in [5, 5.41) is 17.2. The number of aliphatic carboxylic acids is 1. The van der Waals surface area contributed by atoms with Gasteiger partial charge >= 0.3 is 5.97 Å². The van der Waals surface area contributed by atoms with E-state index in [1.807, 2.05) is 20.8 Å². The summed E-state index contributed by atoms with van der Waals surface area (Å²) in [5.41, 5.74) is 5.48. The molecule has 112 valence electrons. The van der Waals surface area contributed by atoms with E-state index in [1.54, 1.807) is 4.57 Å². The molecular formula is C12H20N4O3S. The van der Waals surface area contributed by atoms with Crippen molar-refractivity contribution in [1.29, 1.82) is 0 Å². The molecule has 8 heteroatoms.